The average molecular weight is 380 g/mol. The number of imidazole rings is 1. The molecule has 0 atom stereocenters. The standard InChI is InChI=1S/C22H25N3O3/c1-5-24-16(4)25(14-21(26)23-18-10-7-15(3)8-11-18)20-13-17(9-12-19(20)24)22(27)28-6-2/h7-13H,5-6,14H2,1-4H3/p+1. The van der Waals surface area contributed by atoms with E-state index in [2.05, 4.69) is 16.8 Å². The maximum absolute atomic E-state index is 12.6. The smallest absolute Gasteiger partial charge is 0.338 e. The molecular formula is C22H26N3O3+. The summed E-state index contributed by atoms with van der Waals surface area (Å²) in [6, 6.07) is 13.2. The first-order chi connectivity index (χ1) is 13.4. The Labute approximate surface area is 164 Å². The van der Waals surface area contributed by atoms with Crippen LogP contribution in [-0.2, 0) is 22.6 Å². The number of aromatic nitrogens is 2. The minimum absolute atomic E-state index is 0.117. The largest absolute Gasteiger partial charge is 0.462 e. The topological polar surface area (TPSA) is 64.2 Å². The predicted octanol–water partition coefficient (Wildman–Crippen LogP) is 3.38. The molecule has 6 heteroatoms. The summed E-state index contributed by atoms with van der Waals surface area (Å²) in [7, 11) is 0. The number of fused-ring (bicyclic) bond motifs is 1. The molecule has 0 radical (unpaired) electrons. The van der Waals surface area contributed by atoms with Crippen molar-refractivity contribution in [1.82, 2.24) is 4.57 Å². The van der Waals surface area contributed by atoms with Crippen molar-refractivity contribution in [3.63, 3.8) is 0 Å². The van der Waals surface area contributed by atoms with E-state index >= 15 is 0 Å². The number of rotatable bonds is 6. The first-order valence-corrected chi connectivity index (χ1v) is 9.51. The molecule has 2 aromatic carbocycles. The van der Waals surface area contributed by atoms with Crippen molar-refractivity contribution >= 4 is 28.6 Å². The van der Waals surface area contributed by atoms with Gasteiger partial charge in [0.2, 0.25) is 0 Å². The van der Waals surface area contributed by atoms with E-state index in [1.54, 1.807) is 19.1 Å². The molecule has 1 heterocycles. The lowest BCUT2D eigenvalue weighted by atomic mass is 10.2. The molecule has 28 heavy (non-hydrogen) atoms. The Balaban J connectivity index is 1.94. The van der Waals surface area contributed by atoms with Gasteiger partial charge in [0.1, 0.15) is 0 Å². The molecule has 0 bridgehead atoms. The van der Waals surface area contributed by atoms with Crippen molar-refractivity contribution in [2.24, 2.45) is 0 Å². The molecule has 6 nitrogen and oxygen atoms in total. The summed E-state index contributed by atoms with van der Waals surface area (Å²) in [6.07, 6.45) is 0. The van der Waals surface area contributed by atoms with Gasteiger partial charge in [-0.3, -0.25) is 4.79 Å². The second kappa shape index (κ2) is 8.25. The van der Waals surface area contributed by atoms with Gasteiger partial charge in [-0.15, -0.1) is 0 Å². The van der Waals surface area contributed by atoms with Crippen molar-refractivity contribution in [2.45, 2.75) is 40.8 Å². The van der Waals surface area contributed by atoms with Gasteiger partial charge in [0, 0.05) is 18.7 Å². The highest BCUT2D eigenvalue weighted by Gasteiger charge is 2.24. The molecule has 0 aliphatic rings. The van der Waals surface area contributed by atoms with Crippen LogP contribution in [0, 0.1) is 13.8 Å². The predicted molar refractivity (Wildman–Crippen MR) is 108 cm³/mol. The lowest BCUT2D eigenvalue weighted by Crippen LogP contribution is -2.35. The summed E-state index contributed by atoms with van der Waals surface area (Å²) in [5.41, 5.74) is 4.21. The van der Waals surface area contributed by atoms with Crippen LogP contribution < -0.4 is 9.88 Å². The van der Waals surface area contributed by atoms with Crippen LogP contribution in [0.4, 0.5) is 5.69 Å². The summed E-state index contributed by atoms with van der Waals surface area (Å²) >= 11 is 0. The zero-order valence-corrected chi connectivity index (χ0v) is 16.8. The first kappa shape index (κ1) is 19.6. The van der Waals surface area contributed by atoms with E-state index in [1.165, 1.54) is 0 Å². The minimum atomic E-state index is -0.359. The zero-order valence-electron chi connectivity index (χ0n) is 16.8. The molecule has 0 unspecified atom stereocenters. The normalized spacial score (nSPS) is 10.9. The maximum Gasteiger partial charge on any atom is 0.338 e. The molecule has 3 rings (SSSR count). The molecule has 0 aliphatic carbocycles. The number of carbonyl (C=O) groups is 2. The van der Waals surface area contributed by atoms with Crippen molar-refractivity contribution < 1.29 is 18.9 Å². The van der Waals surface area contributed by atoms with Crippen LogP contribution in [0.3, 0.4) is 0 Å². The van der Waals surface area contributed by atoms with Gasteiger partial charge < -0.3 is 10.1 Å². The summed E-state index contributed by atoms with van der Waals surface area (Å²) in [6.45, 7) is 9.08. The fourth-order valence-electron chi connectivity index (χ4n) is 3.38. The van der Waals surface area contributed by atoms with Gasteiger partial charge in [-0.25, -0.2) is 13.9 Å². The monoisotopic (exact) mass is 380 g/mol. The van der Waals surface area contributed by atoms with Crippen LogP contribution >= 0.6 is 0 Å². The second-order valence-electron chi connectivity index (χ2n) is 6.72. The van der Waals surface area contributed by atoms with E-state index < -0.39 is 0 Å². The number of ether oxygens (including phenoxy) is 1. The molecule has 0 saturated carbocycles. The highest BCUT2D eigenvalue weighted by atomic mass is 16.5. The Hall–Kier alpha value is -3.15. The Morgan fingerprint density at radius 1 is 1.07 bits per heavy atom. The quantitative estimate of drug-likeness (QED) is 0.527. The molecule has 1 aromatic heterocycles. The maximum atomic E-state index is 12.6. The summed E-state index contributed by atoms with van der Waals surface area (Å²) < 4.78 is 9.18. The highest BCUT2D eigenvalue weighted by Crippen LogP contribution is 2.18. The van der Waals surface area contributed by atoms with Crippen LogP contribution in [-0.4, -0.2) is 23.1 Å². The van der Waals surface area contributed by atoms with Gasteiger partial charge in [-0.05, 0) is 45.0 Å². The number of aryl methyl sites for hydroxylation is 2. The van der Waals surface area contributed by atoms with E-state index in [1.807, 2.05) is 48.7 Å². The first-order valence-electron chi connectivity index (χ1n) is 9.51. The van der Waals surface area contributed by atoms with Gasteiger partial charge in [-0.2, -0.15) is 0 Å². The fourth-order valence-corrected chi connectivity index (χ4v) is 3.38. The SMILES string of the molecule is CCOC(=O)c1ccc2c(c1)n(CC(=O)Nc1ccc(C)cc1)c(C)[n+]2CC. The number of benzene rings is 2. The summed E-state index contributed by atoms with van der Waals surface area (Å²) in [5, 5.41) is 2.93. The van der Waals surface area contributed by atoms with Crippen molar-refractivity contribution in [1.29, 1.82) is 0 Å². The Morgan fingerprint density at radius 3 is 2.43 bits per heavy atom. The van der Waals surface area contributed by atoms with Crippen LogP contribution in [0.15, 0.2) is 42.5 Å². The number of nitrogens with zero attached hydrogens (tertiary/aromatic N) is 2. The molecular weight excluding hydrogens is 354 g/mol. The summed E-state index contributed by atoms with van der Waals surface area (Å²) in [5.74, 6) is 0.480. The second-order valence-corrected chi connectivity index (χ2v) is 6.72. The average Bonchev–Trinajstić information content (AvgIpc) is 2.94. The number of hydrogen-bond acceptors (Lipinski definition) is 3. The lowest BCUT2D eigenvalue weighted by molar-refractivity contribution is -0.674. The molecule has 0 fully saturated rings. The number of carbonyl (C=O) groups excluding carboxylic acids is 2. The number of esters is 1. The van der Waals surface area contributed by atoms with Crippen molar-refractivity contribution in [2.75, 3.05) is 11.9 Å². The lowest BCUT2D eigenvalue weighted by Gasteiger charge is -2.05. The molecule has 146 valence electrons. The molecule has 1 N–H and O–H groups in total. The van der Waals surface area contributed by atoms with Gasteiger partial charge in [0.15, 0.2) is 17.6 Å². The van der Waals surface area contributed by atoms with Crippen LogP contribution in [0.1, 0.15) is 35.6 Å². The molecule has 0 saturated heterocycles. The van der Waals surface area contributed by atoms with Gasteiger partial charge in [-0.1, -0.05) is 17.7 Å². The third-order valence-corrected chi connectivity index (χ3v) is 4.80. The van der Waals surface area contributed by atoms with E-state index in [-0.39, 0.29) is 18.4 Å². The fraction of sp³-hybridized carbons (Fsp3) is 0.318. The Bertz CT molecular complexity index is 1020. The van der Waals surface area contributed by atoms with Crippen LogP contribution in [0.5, 0.6) is 0 Å². The molecule has 1 amide bonds. The third kappa shape index (κ3) is 3.91. The number of amides is 1. The molecule has 0 aliphatic heterocycles. The third-order valence-electron chi connectivity index (χ3n) is 4.80. The van der Waals surface area contributed by atoms with Crippen molar-refractivity contribution in [3.8, 4) is 0 Å². The number of hydrogen-bond donors (Lipinski definition) is 1. The van der Waals surface area contributed by atoms with E-state index in [0.717, 1.165) is 34.7 Å². The van der Waals surface area contributed by atoms with Gasteiger partial charge in [0.05, 0.1) is 18.7 Å². The van der Waals surface area contributed by atoms with Crippen LogP contribution in [0.2, 0.25) is 0 Å². The minimum Gasteiger partial charge on any atom is -0.462 e. The number of nitrogens with one attached hydrogen (secondary N) is 1. The van der Waals surface area contributed by atoms with Gasteiger partial charge in [0.25, 0.3) is 11.7 Å². The number of anilines is 1. The van der Waals surface area contributed by atoms with E-state index in [4.69, 9.17) is 4.74 Å². The zero-order chi connectivity index (χ0) is 20.3. The van der Waals surface area contributed by atoms with Crippen LogP contribution in [0.25, 0.3) is 11.0 Å². The molecule has 0 spiro atoms. The Kier molecular flexibility index (Phi) is 5.78. The van der Waals surface area contributed by atoms with Gasteiger partial charge >= 0.3 is 5.97 Å². The molecule has 3 aromatic rings. The highest BCUT2D eigenvalue weighted by molar-refractivity contribution is 5.94. The van der Waals surface area contributed by atoms with E-state index in [0.29, 0.717) is 12.2 Å². The Morgan fingerprint density at radius 2 is 1.79 bits per heavy atom. The summed E-state index contributed by atoms with van der Waals surface area (Å²) in [4.78, 5) is 24.8. The van der Waals surface area contributed by atoms with E-state index in [9.17, 15) is 9.59 Å². The van der Waals surface area contributed by atoms with Crippen molar-refractivity contribution in [3.05, 3.63) is 59.4 Å².